The Balaban J connectivity index is 2.75. The molecule has 0 aliphatic rings. The summed E-state index contributed by atoms with van der Waals surface area (Å²) in [5, 5.41) is 8.77. The molecule has 1 aromatic rings. The molecule has 16 heavy (non-hydrogen) atoms. The molecule has 0 aromatic carbocycles. The van der Waals surface area contributed by atoms with Crippen molar-refractivity contribution in [3.05, 3.63) is 18.0 Å². The SMILES string of the molecule is CCN(CC(C)C#N)c1ncc(CCl)cn1. The summed E-state index contributed by atoms with van der Waals surface area (Å²) >= 11 is 5.66. The Kier molecular flexibility index (Phi) is 5.00. The predicted octanol–water partition coefficient (Wildman–Crippen LogP) is 2.20. The molecule has 86 valence electrons. The van der Waals surface area contributed by atoms with Crippen LogP contribution in [0, 0.1) is 17.2 Å². The van der Waals surface area contributed by atoms with E-state index in [0.29, 0.717) is 18.4 Å². The average molecular weight is 239 g/mol. The van der Waals surface area contributed by atoms with E-state index in [9.17, 15) is 0 Å². The summed E-state index contributed by atoms with van der Waals surface area (Å²) in [4.78, 5) is 10.4. The molecule has 0 amide bonds. The van der Waals surface area contributed by atoms with Crippen LogP contribution < -0.4 is 4.90 Å². The summed E-state index contributed by atoms with van der Waals surface area (Å²) in [6, 6.07) is 2.20. The Hall–Kier alpha value is -1.34. The van der Waals surface area contributed by atoms with Gasteiger partial charge in [0, 0.05) is 31.0 Å². The fraction of sp³-hybridized carbons (Fsp3) is 0.545. The molecule has 1 atom stereocenters. The van der Waals surface area contributed by atoms with Crippen LogP contribution in [0.4, 0.5) is 5.95 Å². The second-order valence-electron chi connectivity index (χ2n) is 3.59. The van der Waals surface area contributed by atoms with Gasteiger partial charge in [-0.3, -0.25) is 0 Å². The summed E-state index contributed by atoms with van der Waals surface area (Å²) in [5.41, 5.74) is 0.898. The first kappa shape index (κ1) is 12.7. The first-order valence-corrected chi connectivity index (χ1v) is 5.76. The molecule has 0 spiro atoms. The first-order chi connectivity index (χ1) is 7.71. The predicted molar refractivity (Wildman–Crippen MR) is 64.3 cm³/mol. The van der Waals surface area contributed by atoms with Gasteiger partial charge in [-0.25, -0.2) is 9.97 Å². The van der Waals surface area contributed by atoms with Gasteiger partial charge in [-0.15, -0.1) is 11.6 Å². The molecule has 1 unspecified atom stereocenters. The maximum absolute atomic E-state index is 8.77. The third-order valence-electron chi connectivity index (χ3n) is 2.23. The molecule has 0 fully saturated rings. The van der Waals surface area contributed by atoms with Crippen LogP contribution in [0.3, 0.4) is 0 Å². The van der Waals surface area contributed by atoms with Crippen molar-refractivity contribution in [3.63, 3.8) is 0 Å². The number of nitriles is 1. The zero-order chi connectivity index (χ0) is 12.0. The van der Waals surface area contributed by atoms with E-state index in [4.69, 9.17) is 16.9 Å². The number of nitrogens with zero attached hydrogens (tertiary/aromatic N) is 4. The van der Waals surface area contributed by atoms with E-state index in [2.05, 4.69) is 16.0 Å². The fourth-order valence-electron chi connectivity index (χ4n) is 1.30. The lowest BCUT2D eigenvalue weighted by molar-refractivity contribution is 0.670. The van der Waals surface area contributed by atoms with E-state index in [1.54, 1.807) is 12.4 Å². The van der Waals surface area contributed by atoms with Crippen LogP contribution in [0.25, 0.3) is 0 Å². The number of hydrogen-bond acceptors (Lipinski definition) is 4. The summed E-state index contributed by atoms with van der Waals surface area (Å²) in [6.07, 6.45) is 3.43. The van der Waals surface area contributed by atoms with Crippen LogP contribution in [0.5, 0.6) is 0 Å². The summed E-state index contributed by atoms with van der Waals surface area (Å²) in [6.45, 7) is 5.33. The number of alkyl halides is 1. The van der Waals surface area contributed by atoms with Gasteiger partial charge < -0.3 is 4.90 Å². The minimum absolute atomic E-state index is 0.0312. The van der Waals surface area contributed by atoms with Gasteiger partial charge >= 0.3 is 0 Å². The quantitative estimate of drug-likeness (QED) is 0.738. The van der Waals surface area contributed by atoms with Crippen molar-refractivity contribution in [1.29, 1.82) is 5.26 Å². The van der Waals surface area contributed by atoms with Gasteiger partial charge in [0.2, 0.25) is 5.95 Å². The molecular formula is C11H15ClN4. The zero-order valence-corrected chi connectivity index (χ0v) is 10.3. The van der Waals surface area contributed by atoms with Crippen LogP contribution in [0.2, 0.25) is 0 Å². The normalized spacial score (nSPS) is 11.9. The first-order valence-electron chi connectivity index (χ1n) is 5.22. The number of anilines is 1. The van der Waals surface area contributed by atoms with Crippen molar-refractivity contribution in [2.45, 2.75) is 19.7 Å². The second-order valence-corrected chi connectivity index (χ2v) is 3.86. The Bertz CT molecular complexity index is 357. The monoisotopic (exact) mass is 238 g/mol. The molecule has 0 bridgehead atoms. The van der Waals surface area contributed by atoms with Crippen molar-refractivity contribution in [2.24, 2.45) is 5.92 Å². The lowest BCUT2D eigenvalue weighted by Gasteiger charge is -2.21. The molecule has 1 heterocycles. The lowest BCUT2D eigenvalue weighted by atomic mass is 10.2. The summed E-state index contributed by atoms with van der Waals surface area (Å²) in [7, 11) is 0. The van der Waals surface area contributed by atoms with Crippen LogP contribution in [0.1, 0.15) is 19.4 Å². The standard InChI is InChI=1S/C11H15ClN4/c1-3-16(8-9(2)5-13)11-14-6-10(4-12)7-15-11/h6-7,9H,3-4,8H2,1-2H3. The minimum atomic E-state index is -0.0312. The Morgan fingerprint density at radius 2 is 2.12 bits per heavy atom. The molecule has 1 aromatic heterocycles. The van der Waals surface area contributed by atoms with E-state index in [1.165, 1.54) is 0 Å². The highest BCUT2D eigenvalue weighted by Gasteiger charge is 2.11. The van der Waals surface area contributed by atoms with Crippen LogP contribution in [-0.2, 0) is 5.88 Å². The van der Waals surface area contributed by atoms with Crippen molar-refractivity contribution >= 4 is 17.5 Å². The number of rotatable bonds is 5. The van der Waals surface area contributed by atoms with Crippen LogP contribution in [-0.4, -0.2) is 23.1 Å². The molecule has 0 saturated carbocycles. The van der Waals surface area contributed by atoms with Gasteiger partial charge in [0.1, 0.15) is 0 Å². The molecule has 5 heteroatoms. The van der Waals surface area contributed by atoms with Crippen LogP contribution in [0.15, 0.2) is 12.4 Å². The van der Waals surface area contributed by atoms with Gasteiger partial charge in [-0.05, 0) is 13.8 Å². The van der Waals surface area contributed by atoms with Gasteiger partial charge in [0.05, 0.1) is 17.9 Å². The maximum Gasteiger partial charge on any atom is 0.225 e. The average Bonchev–Trinajstić information content (AvgIpc) is 2.35. The molecule has 0 saturated heterocycles. The van der Waals surface area contributed by atoms with Gasteiger partial charge in [-0.2, -0.15) is 5.26 Å². The minimum Gasteiger partial charge on any atom is -0.340 e. The number of aromatic nitrogens is 2. The molecule has 0 aliphatic carbocycles. The Morgan fingerprint density at radius 1 is 1.50 bits per heavy atom. The van der Waals surface area contributed by atoms with E-state index in [0.717, 1.165) is 12.1 Å². The number of hydrogen-bond donors (Lipinski definition) is 0. The third-order valence-corrected chi connectivity index (χ3v) is 2.53. The summed E-state index contributed by atoms with van der Waals surface area (Å²) in [5.74, 6) is 1.04. The molecule has 1 rings (SSSR count). The smallest absolute Gasteiger partial charge is 0.225 e. The van der Waals surface area contributed by atoms with E-state index in [1.807, 2.05) is 18.7 Å². The highest BCUT2D eigenvalue weighted by Crippen LogP contribution is 2.10. The Labute approximate surface area is 101 Å². The molecule has 4 nitrogen and oxygen atoms in total. The van der Waals surface area contributed by atoms with Crippen molar-refractivity contribution < 1.29 is 0 Å². The highest BCUT2D eigenvalue weighted by molar-refractivity contribution is 6.17. The fourth-order valence-corrected chi connectivity index (χ4v) is 1.44. The van der Waals surface area contributed by atoms with Crippen molar-refractivity contribution in [2.75, 3.05) is 18.0 Å². The molecule has 0 radical (unpaired) electrons. The molecule has 0 N–H and O–H groups in total. The lowest BCUT2D eigenvalue weighted by Crippen LogP contribution is -2.29. The topological polar surface area (TPSA) is 52.8 Å². The molecule has 0 aliphatic heterocycles. The van der Waals surface area contributed by atoms with E-state index in [-0.39, 0.29) is 5.92 Å². The van der Waals surface area contributed by atoms with Crippen LogP contribution >= 0.6 is 11.6 Å². The van der Waals surface area contributed by atoms with Crippen molar-refractivity contribution in [1.82, 2.24) is 9.97 Å². The zero-order valence-electron chi connectivity index (χ0n) is 9.52. The van der Waals surface area contributed by atoms with Gasteiger partial charge in [0.25, 0.3) is 0 Å². The molecular weight excluding hydrogens is 224 g/mol. The van der Waals surface area contributed by atoms with Gasteiger partial charge in [-0.1, -0.05) is 0 Å². The number of halogens is 1. The highest BCUT2D eigenvalue weighted by atomic mass is 35.5. The largest absolute Gasteiger partial charge is 0.340 e. The maximum atomic E-state index is 8.77. The second kappa shape index (κ2) is 6.29. The van der Waals surface area contributed by atoms with Crippen molar-refractivity contribution in [3.8, 4) is 6.07 Å². The van der Waals surface area contributed by atoms with E-state index < -0.39 is 0 Å². The Morgan fingerprint density at radius 3 is 2.56 bits per heavy atom. The van der Waals surface area contributed by atoms with Gasteiger partial charge in [0.15, 0.2) is 0 Å². The van der Waals surface area contributed by atoms with E-state index >= 15 is 0 Å². The summed E-state index contributed by atoms with van der Waals surface area (Å²) < 4.78 is 0. The third kappa shape index (κ3) is 3.35.